The monoisotopic (exact) mass is 455 g/mol. The number of rotatable bonds is 12. The average molecular weight is 456 g/mol. The van der Waals surface area contributed by atoms with Crippen molar-refractivity contribution in [3.8, 4) is 0 Å². The standard InChI is InChI=1S/C27H34ClNO3/c1-6-8-23(26-17-24(28)10-9-19(26)3)11-13-29-27(30)20(4)15-25(32-21(5)7-2)16-22-12-14-31-18-22/h8-10,12,14-15,17-18,21H,4,6-7,11,13,16H2,1-3,5H3,(H,29,30)/b23-8-,25-15-. The molecule has 1 atom stereocenters. The van der Waals surface area contributed by atoms with Gasteiger partial charge < -0.3 is 14.5 Å². The van der Waals surface area contributed by atoms with Crippen molar-refractivity contribution in [1.29, 1.82) is 0 Å². The maximum absolute atomic E-state index is 12.7. The van der Waals surface area contributed by atoms with E-state index in [2.05, 4.69) is 38.7 Å². The molecule has 4 nitrogen and oxygen atoms in total. The first-order chi connectivity index (χ1) is 15.3. The van der Waals surface area contributed by atoms with E-state index < -0.39 is 0 Å². The summed E-state index contributed by atoms with van der Waals surface area (Å²) in [4.78, 5) is 12.7. The molecule has 0 bridgehead atoms. The number of nitrogens with one attached hydrogen (secondary N) is 1. The number of ether oxygens (including phenoxy) is 1. The second-order valence-corrected chi connectivity index (χ2v) is 8.32. The number of allylic oxidation sites excluding steroid dienone is 2. The molecule has 2 rings (SSSR count). The third-order valence-electron chi connectivity index (χ3n) is 5.19. The normalized spacial score (nSPS) is 13.0. The molecule has 32 heavy (non-hydrogen) atoms. The van der Waals surface area contributed by atoms with Gasteiger partial charge in [-0.25, -0.2) is 0 Å². The Labute approximate surface area is 197 Å². The summed E-state index contributed by atoms with van der Waals surface area (Å²) in [6, 6.07) is 7.78. The van der Waals surface area contributed by atoms with Gasteiger partial charge in [0.1, 0.15) is 5.76 Å². The van der Waals surface area contributed by atoms with Crippen LogP contribution in [0.3, 0.4) is 0 Å². The molecule has 0 fully saturated rings. The van der Waals surface area contributed by atoms with E-state index in [0.717, 1.165) is 24.0 Å². The summed E-state index contributed by atoms with van der Waals surface area (Å²) >= 11 is 6.20. The van der Waals surface area contributed by atoms with Crippen molar-refractivity contribution in [2.75, 3.05) is 6.54 Å². The third kappa shape index (κ3) is 8.08. The number of hydrogen-bond acceptors (Lipinski definition) is 3. The summed E-state index contributed by atoms with van der Waals surface area (Å²) in [5.74, 6) is 0.489. The highest BCUT2D eigenvalue weighted by Crippen LogP contribution is 2.25. The molecule has 1 amide bonds. The van der Waals surface area contributed by atoms with E-state index in [1.807, 2.05) is 31.2 Å². The molecule has 1 N–H and O–H groups in total. The molecule has 0 saturated heterocycles. The molecular weight excluding hydrogens is 422 g/mol. The highest BCUT2D eigenvalue weighted by atomic mass is 35.5. The Morgan fingerprint density at radius 1 is 1.31 bits per heavy atom. The fourth-order valence-electron chi connectivity index (χ4n) is 3.28. The summed E-state index contributed by atoms with van der Waals surface area (Å²) in [5.41, 5.74) is 4.82. The number of benzene rings is 1. The largest absolute Gasteiger partial charge is 0.495 e. The fraction of sp³-hybridized carbons (Fsp3) is 0.370. The number of amides is 1. The van der Waals surface area contributed by atoms with Gasteiger partial charge in [-0.2, -0.15) is 0 Å². The second-order valence-electron chi connectivity index (χ2n) is 7.88. The van der Waals surface area contributed by atoms with Crippen LogP contribution < -0.4 is 5.32 Å². The molecule has 5 heteroatoms. The third-order valence-corrected chi connectivity index (χ3v) is 5.42. The van der Waals surface area contributed by atoms with Crippen LogP contribution in [0.25, 0.3) is 5.57 Å². The minimum atomic E-state index is -0.207. The van der Waals surface area contributed by atoms with Crippen LogP contribution in [0.4, 0.5) is 0 Å². The second kappa shape index (κ2) is 13.0. The maximum atomic E-state index is 12.7. The Morgan fingerprint density at radius 2 is 2.09 bits per heavy atom. The number of aryl methyl sites for hydroxylation is 1. The summed E-state index contributed by atoms with van der Waals surface area (Å²) in [5, 5.41) is 3.69. The van der Waals surface area contributed by atoms with Gasteiger partial charge in [-0.1, -0.05) is 44.2 Å². The average Bonchev–Trinajstić information content (AvgIpc) is 3.27. The number of hydrogen-bond donors (Lipinski definition) is 1. The van der Waals surface area contributed by atoms with Crippen LogP contribution in [0, 0.1) is 6.92 Å². The lowest BCUT2D eigenvalue weighted by molar-refractivity contribution is -0.117. The van der Waals surface area contributed by atoms with Crippen molar-refractivity contribution in [2.45, 2.75) is 59.5 Å². The topological polar surface area (TPSA) is 51.5 Å². The van der Waals surface area contributed by atoms with E-state index >= 15 is 0 Å². The fourth-order valence-corrected chi connectivity index (χ4v) is 3.45. The molecule has 0 saturated carbocycles. The Bertz CT molecular complexity index is 957. The van der Waals surface area contributed by atoms with E-state index in [1.54, 1.807) is 18.6 Å². The number of carbonyl (C=O) groups is 1. The summed E-state index contributed by atoms with van der Waals surface area (Å²) < 4.78 is 11.2. The quantitative estimate of drug-likeness (QED) is 0.212. The molecule has 1 aromatic heterocycles. The van der Waals surface area contributed by atoms with Crippen LogP contribution in [0.5, 0.6) is 0 Å². The molecule has 0 aliphatic carbocycles. The number of halogens is 1. The van der Waals surface area contributed by atoms with Crippen molar-refractivity contribution in [1.82, 2.24) is 5.32 Å². The zero-order valence-electron chi connectivity index (χ0n) is 19.5. The lowest BCUT2D eigenvalue weighted by Gasteiger charge is -2.16. The summed E-state index contributed by atoms with van der Waals surface area (Å²) in [7, 11) is 0. The van der Waals surface area contributed by atoms with Gasteiger partial charge in [0.2, 0.25) is 0 Å². The van der Waals surface area contributed by atoms with Gasteiger partial charge in [0, 0.05) is 23.6 Å². The van der Waals surface area contributed by atoms with E-state index in [4.69, 9.17) is 20.8 Å². The molecular formula is C27H34ClNO3. The molecule has 1 aromatic carbocycles. The van der Waals surface area contributed by atoms with Crippen LogP contribution in [-0.4, -0.2) is 18.6 Å². The molecule has 2 aromatic rings. The van der Waals surface area contributed by atoms with Gasteiger partial charge in [0.25, 0.3) is 5.91 Å². The van der Waals surface area contributed by atoms with Crippen molar-refractivity contribution in [3.63, 3.8) is 0 Å². The lowest BCUT2D eigenvalue weighted by atomic mass is 9.97. The van der Waals surface area contributed by atoms with Gasteiger partial charge in [-0.15, -0.1) is 0 Å². The molecule has 1 unspecified atom stereocenters. The predicted octanol–water partition coefficient (Wildman–Crippen LogP) is 7.04. The first kappa shape index (κ1) is 25.5. The van der Waals surface area contributed by atoms with Gasteiger partial charge in [-0.3, -0.25) is 4.79 Å². The van der Waals surface area contributed by atoms with Crippen molar-refractivity contribution in [2.24, 2.45) is 0 Å². The first-order valence-corrected chi connectivity index (χ1v) is 11.5. The lowest BCUT2D eigenvalue weighted by Crippen LogP contribution is -2.25. The van der Waals surface area contributed by atoms with Gasteiger partial charge >= 0.3 is 0 Å². The SMILES string of the molecule is C=C(/C=C(/Cc1ccoc1)OC(C)CC)C(=O)NCC/C(=C/CC)c1cc(Cl)ccc1C. The van der Waals surface area contributed by atoms with Crippen molar-refractivity contribution >= 4 is 23.1 Å². The number of furan rings is 1. The van der Waals surface area contributed by atoms with Crippen LogP contribution in [0.15, 0.2) is 71.3 Å². The molecule has 0 aliphatic heterocycles. The van der Waals surface area contributed by atoms with Crippen molar-refractivity contribution in [3.05, 3.63) is 88.6 Å². The van der Waals surface area contributed by atoms with Gasteiger partial charge in [-0.05, 0) is 79.6 Å². The van der Waals surface area contributed by atoms with Crippen molar-refractivity contribution < 1.29 is 13.9 Å². The minimum Gasteiger partial charge on any atom is -0.495 e. The Balaban J connectivity index is 2.02. The van der Waals surface area contributed by atoms with E-state index in [9.17, 15) is 4.79 Å². The zero-order valence-corrected chi connectivity index (χ0v) is 20.3. The van der Waals surface area contributed by atoms with Gasteiger partial charge in [0.15, 0.2) is 0 Å². The van der Waals surface area contributed by atoms with E-state index in [0.29, 0.717) is 35.7 Å². The van der Waals surface area contributed by atoms with Crippen LogP contribution in [0.2, 0.25) is 5.02 Å². The highest BCUT2D eigenvalue weighted by molar-refractivity contribution is 6.30. The van der Waals surface area contributed by atoms with Crippen LogP contribution in [-0.2, 0) is 16.0 Å². The highest BCUT2D eigenvalue weighted by Gasteiger charge is 2.12. The van der Waals surface area contributed by atoms with Crippen LogP contribution in [0.1, 0.15) is 56.7 Å². The summed E-state index contributed by atoms with van der Waals surface area (Å²) in [6.07, 6.45) is 10.3. The molecule has 0 spiro atoms. The number of carbonyl (C=O) groups excluding carboxylic acids is 1. The van der Waals surface area contributed by atoms with E-state index in [1.165, 1.54) is 11.1 Å². The molecule has 0 radical (unpaired) electrons. The molecule has 1 heterocycles. The zero-order chi connectivity index (χ0) is 23.5. The van der Waals surface area contributed by atoms with Gasteiger partial charge in [0.05, 0.1) is 18.6 Å². The molecule has 172 valence electrons. The Hall–Kier alpha value is -2.72. The minimum absolute atomic E-state index is 0.0479. The first-order valence-electron chi connectivity index (χ1n) is 11.1. The predicted molar refractivity (Wildman–Crippen MR) is 133 cm³/mol. The van der Waals surface area contributed by atoms with Crippen LogP contribution >= 0.6 is 11.6 Å². The Morgan fingerprint density at radius 3 is 2.75 bits per heavy atom. The molecule has 0 aliphatic rings. The smallest absolute Gasteiger partial charge is 0.250 e. The summed E-state index contributed by atoms with van der Waals surface area (Å²) in [6.45, 7) is 12.7. The Kier molecular flexibility index (Phi) is 10.4. The maximum Gasteiger partial charge on any atom is 0.250 e. The van der Waals surface area contributed by atoms with E-state index in [-0.39, 0.29) is 12.0 Å².